The van der Waals surface area contributed by atoms with E-state index in [1.54, 1.807) is 12.5 Å². The summed E-state index contributed by atoms with van der Waals surface area (Å²) in [6.45, 7) is 8.66. The summed E-state index contributed by atoms with van der Waals surface area (Å²) in [6, 6.07) is 0.352. The molecule has 0 aromatic carbocycles. The monoisotopic (exact) mass is 359 g/mol. The second-order valence-electron chi connectivity index (χ2n) is 7.71. The molecule has 3 heterocycles. The lowest BCUT2D eigenvalue weighted by atomic mass is 9.97. The number of hydrogen-bond donors (Lipinski definition) is 0. The number of amides is 1. The van der Waals surface area contributed by atoms with Gasteiger partial charge in [0.15, 0.2) is 0 Å². The van der Waals surface area contributed by atoms with Crippen LogP contribution in [0, 0.1) is 0 Å². The van der Waals surface area contributed by atoms with E-state index in [0.717, 1.165) is 77.1 Å². The molecular weight excluding hydrogens is 326 g/mol. The van der Waals surface area contributed by atoms with E-state index in [1.165, 1.54) is 6.42 Å². The zero-order valence-corrected chi connectivity index (χ0v) is 16.4. The minimum absolute atomic E-state index is 0.136. The third kappa shape index (κ3) is 4.80. The van der Waals surface area contributed by atoms with Crippen LogP contribution in [0.5, 0.6) is 0 Å². The maximum atomic E-state index is 13.2. The van der Waals surface area contributed by atoms with Gasteiger partial charge in [0.2, 0.25) is 0 Å². The van der Waals surface area contributed by atoms with Crippen LogP contribution in [0.15, 0.2) is 12.5 Å². The zero-order chi connectivity index (χ0) is 18.4. The lowest BCUT2D eigenvalue weighted by Crippen LogP contribution is -2.48. The molecule has 2 saturated heterocycles. The average Bonchev–Trinajstić information content (AvgIpc) is 2.68. The summed E-state index contributed by atoms with van der Waals surface area (Å²) in [5.74, 6) is 0.136. The summed E-state index contributed by atoms with van der Waals surface area (Å²) in [6.07, 6.45) is 9.63. The van der Waals surface area contributed by atoms with Gasteiger partial charge < -0.3 is 14.7 Å². The minimum atomic E-state index is 0.136. The molecule has 0 aliphatic carbocycles. The molecular formula is C20H33N5O. The van der Waals surface area contributed by atoms with Gasteiger partial charge in [0, 0.05) is 51.5 Å². The summed E-state index contributed by atoms with van der Waals surface area (Å²) in [4.78, 5) is 28.8. The molecule has 2 aliphatic rings. The van der Waals surface area contributed by atoms with Crippen molar-refractivity contribution in [1.29, 1.82) is 0 Å². The molecule has 3 rings (SSSR count). The van der Waals surface area contributed by atoms with Gasteiger partial charge in [0.25, 0.3) is 5.91 Å². The van der Waals surface area contributed by atoms with Crippen LogP contribution in [-0.2, 0) is 6.42 Å². The normalized spacial score (nSPS) is 22.5. The number of rotatable bonds is 6. The van der Waals surface area contributed by atoms with Crippen molar-refractivity contribution in [1.82, 2.24) is 24.7 Å². The van der Waals surface area contributed by atoms with Crippen LogP contribution < -0.4 is 0 Å². The van der Waals surface area contributed by atoms with Crippen LogP contribution in [-0.4, -0.2) is 82.9 Å². The molecule has 1 aromatic heterocycles. The van der Waals surface area contributed by atoms with Gasteiger partial charge in [-0.25, -0.2) is 9.97 Å². The Morgan fingerprint density at radius 2 is 2.00 bits per heavy atom. The molecule has 1 aromatic rings. The van der Waals surface area contributed by atoms with E-state index in [0.29, 0.717) is 11.6 Å². The average molecular weight is 360 g/mol. The number of carbonyl (C=O) groups excluding carboxylic acids is 1. The van der Waals surface area contributed by atoms with Gasteiger partial charge in [0.1, 0.15) is 6.33 Å². The molecule has 0 saturated carbocycles. The third-order valence-corrected chi connectivity index (χ3v) is 5.77. The molecule has 2 fully saturated rings. The number of likely N-dealkylation sites (tertiary alicyclic amines) is 1. The third-order valence-electron chi connectivity index (χ3n) is 5.77. The molecule has 26 heavy (non-hydrogen) atoms. The molecule has 0 N–H and O–H groups in total. The van der Waals surface area contributed by atoms with Crippen molar-refractivity contribution in [2.75, 3.05) is 46.3 Å². The highest BCUT2D eigenvalue weighted by atomic mass is 16.2. The van der Waals surface area contributed by atoms with Gasteiger partial charge >= 0.3 is 0 Å². The largest absolute Gasteiger partial charge is 0.336 e. The number of likely N-dealkylation sites (N-methyl/N-ethyl adjacent to an activating group) is 1. The smallest absolute Gasteiger partial charge is 0.257 e. The van der Waals surface area contributed by atoms with Gasteiger partial charge in [-0.1, -0.05) is 13.3 Å². The van der Waals surface area contributed by atoms with Crippen molar-refractivity contribution in [3.8, 4) is 0 Å². The topological polar surface area (TPSA) is 52.6 Å². The molecule has 0 bridgehead atoms. The Labute approximate surface area is 157 Å². The quantitative estimate of drug-likeness (QED) is 0.778. The lowest BCUT2D eigenvalue weighted by Gasteiger charge is -2.38. The van der Waals surface area contributed by atoms with Gasteiger partial charge in [-0.15, -0.1) is 0 Å². The highest BCUT2D eigenvalue weighted by Gasteiger charge is 2.29. The first-order chi connectivity index (χ1) is 12.7. The van der Waals surface area contributed by atoms with E-state index in [2.05, 4.69) is 38.6 Å². The van der Waals surface area contributed by atoms with Gasteiger partial charge in [0.05, 0.1) is 11.3 Å². The van der Waals surface area contributed by atoms with Crippen LogP contribution in [0.1, 0.15) is 55.1 Å². The van der Waals surface area contributed by atoms with Crippen molar-refractivity contribution in [2.45, 2.75) is 51.5 Å². The summed E-state index contributed by atoms with van der Waals surface area (Å²) in [7, 11) is 2.19. The Morgan fingerprint density at radius 1 is 1.19 bits per heavy atom. The number of nitrogens with zero attached hydrogens (tertiary/aromatic N) is 5. The van der Waals surface area contributed by atoms with E-state index in [9.17, 15) is 4.79 Å². The van der Waals surface area contributed by atoms with Crippen LogP contribution in [0.3, 0.4) is 0 Å². The van der Waals surface area contributed by atoms with Gasteiger partial charge in [-0.05, 0) is 39.2 Å². The van der Waals surface area contributed by atoms with E-state index < -0.39 is 0 Å². The second kappa shape index (κ2) is 9.42. The number of aryl methyl sites for hydroxylation is 1. The first-order valence-corrected chi connectivity index (χ1v) is 10.2. The number of piperazine rings is 1. The fourth-order valence-electron chi connectivity index (χ4n) is 4.10. The fraction of sp³-hybridized carbons (Fsp3) is 0.750. The number of hydrogen-bond acceptors (Lipinski definition) is 5. The van der Waals surface area contributed by atoms with Crippen LogP contribution >= 0.6 is 0 Å². The van der Waals surface area contributed by atoms with Crippen molar-refractivity contribution in [2.24, 2.45) is 0 Å². The summed E-state index contributed by atoms with van der Waals surface area (Å²) in [5.41, 5.74) is 1.61. The van der Waals surface area contributed by atoms with E-state index in [4.69, 9.17) is 0 Å². The number of piperidine rings is 1. The highest BCUT2D eigenvalue weighted by molar-refractivity contribution is 5.95. The Bertz CT molecular complexity index is 585. The van der Waals surface area contributed by atoms with E-state index in [1.807, 2.05) is 0 Å². The Morgan fingerprint density at radius 3 is 2.77 bits per heavy atom. The number of carbonyl (C=O) groups is 1. The van der Waals surface area contributed by atoms with E-state index in [-0.39, 0.29) is 5.91 Å². The van der Waals surface area contributed by atoms with Crippen molar-refractivity contribution < 1.29 is 4.79 Å². The number of aromatic nitrogens is 2. The maximum absolute atomic E-state index is 13.2. The first kappa shape index (κ1) is 19.2. The van der Waals surface area contributed by atoms with Crippen LogP contribution in [0.2, 0.25) is 0 Å². The van der Waals surface area contributed by atoms with Crippen molar-refractivity contribution >= 4 is 5.91 Å². The Balaban J connectivity index is 1.64. The Hall–Kier alpha value is -1.53. The van der Waals surface area contributed by atoms with Gasteiger partial charge in [-0.2, -0.15) is 0 Å². The lowest BCUT2D eigenvalue weighted by molar-refractivity contribution is 0.0567. The first-order valence-electron chi connectivity index (χ1n) is 10.2. The molecule has 1 amide bonds. The standard InChI is InChI=1S/C20H33N5O/c1-3-6-19-18(15-21-16-22-19)20(26)25-9-5-4-7-17(25)8-10-24-13-11-23(2)12-14-24/h15-17H,3-14H2,1-2H3/t17-/m0/s1. The summed E-state index contributed by atoms with van der Waals surface area (Å²) >= 11 is 0. The summed E-state index contributed by atoms with van der Waals surface area (Å²) in [5, 5.41) is 0. The maximum Gasteiger partial charge on any atom is 0.257 e. The van der Waals surface area contributed by atoms with Crippen molar-refractivity contribution in [3.05, 3.63) is 23.8 Å². The minimum Gasteiger partial charge on any atom is -0.336 e. The predicted octanol–water partition coefficient (Wildman–Crippen LogP) is 2.06. The SMILES string of the molecule is CCCc1ncncc1C(=O)N1CCCC[C@H]1CCN1CCN(C)CC1. The molecule has 6 heteroatoms. The van der Waals surface area contributed by atoms with Crippen molar-refractivity contribution in [3.63, 3.8) is 0 Å². The van der Waals surface area contributed by atoms with Crippen LogP contribution in [0.25, 0.3) is 0 Å². The van der Waals surface area contributed by atoms with Crippen LogP contribution in [0.4, 0.5) is 0 Å². The highest BCUT2D eigenvalue weighted by Crippen LogP contribution is 2.23. The Kier molecular flexibility index (Phi) is 6.97. The molecule has 0 radical (unpaired) electrons. The molecule has 6 nitrogen and oxygen atoms in total. The fourth-order valence-corrected chi connectivity index (χ4v) is 4.10. The zero-order valence-electron chi connectivity index (χ0n) is 16.4. The van der Waals surface area contributed by atoms with Gasteiger partial charge in [-0.3, -0.25) is 4.79 Å². The molecule has 0 unspecified atom stereocenters. The second-order valence-corrected chi connectivity index (χ2v) is 7.71. The molecule has 2 aliphatic heterocycles. The predicted molar refractivity (Wildman–Crippen MR) is 103 cm³/mol. The molecule has 1 atom stereocenters. The summed E-state index contributed by atoms with van der Waals surface area (Å²) < 4.78 is 0. The molecule has 0 spiro atoms. The van der Waals surface area contributed by atoms with E-state index >= 15 is 0 Å². The molecule has 144 valence electrons.